The minimum Gasteiger partial charge on any atom is -0.269 e. The van der Waals surface area contributed by atoms with E-state index in [4.69, 9.17) is 0 Å². The van der Waals surface area contributed by atoms with Crippen molar-refractivity contribution in [1.29, 1.82) is 0 Å². The molecule has 2 rings (SSSR count). The van der Waals surface area contributed by atoms with Crippen molar-refractivity contribution in [2.75, 3.05) is 4.90 Å². The number of nitro groups is 1. The van der Waals surface area contributed by atoms with Gasteiger partial charge in [-0.3, -0.25) is 19.7 Å². The predicted molar refractivity (Wildman–Crippen MR) is 59.7 cm³/mol. The van der Waals surface area contributed by atoms with Crippen LogP contribution < -0.4 is 4.90 Å². The average Bonchev–Trinajstić information content (AvgIpc) is 2.67. The van der Waals surface area contributed by atoms with Crippen molar-refractivity contribution in [3.05, 3.63) is 46.0 Å². The van der Waals surface area contributed by atoms with Gasteiger partial charge in [0.15, 0.2) is 0 Å². The zero-order valence-electron chi connectivity index (χ0n) is 9.55. The Labute approximate surface area is 109 Å². The lowest BCUT2D eigenvalue weighted by Crippen LogP contribution is -2.31. The minimum absolute atomic E-state index is 0.286. The predicted octanol–water partition coefficient (Wildman–Crippen LogP) is 2.04. The molecule has 0 saturated carbocycles. The van der Waals surface area contributed by atoms with Crippen LogP contribution in [-0.2, 0) is 15.8 Å². The van der Waals surface area contributed by atoms with Gasteiger partial charge in [0.05, 0.1) is 16.2 Å². The highest BCUT2D eigenvalue weighted by molar-refractivity contribution is 6.28. The van der Waals surface area contributed by atoms with Gasteiger partial charge in [-0.25, -0.2) is 4.90 Å². The van der Waals surface area contributed by atoms with Crippen LogP contribution in [0.25, 0.3) is 0 Å². The van der Waals surface area contributed by atoms with E-state index >= 15 is 0 Å². The topological polar surface area (TPSA) is 80.5 Å². The lowest BCUT2D eigenvalue weighted by atomic mass is 10.1. The molecular formula is C11H5F3N2O4. The van der Waals surface area contributed by atoms with Crippen molar-refractivity contribution in [1.82, 2.24) is 0 Å². The standard InChI is InChI=1S/C11H5F3N2O4/c12-11(13,14)7-5-6(16(19)20)1-2-8(7)15-9(17)3-4-10(15)18/h1-5H. The summed E-state index contributed by atoms with van der Waals surface area (Å²) in [4.78, 5) is 32.6. The van der Waals surface area contributed by atoms with Crippen LogP contribution in [0.1, 0.15) is 5.56 Å². The van der Waals surface area contributed by atoms with Crippen molar-refractivity contribution in [2.24, 2.45) is 0 Å². The van der Waals surface area contributed by atoms with Crippen LogP contribution in [0.15, 0.2) is 30.4 Å². The number of amides is 2. The fourth-order valence-corrected chi connectivity index (χ4v) is 1.70. The highest BCUT2D eigenvalue weighted by atomic mass is 19.4. The Morgan fingerprint density at radius 3 is 2.10 bits per heavy atom. The summed E-state index contributed by atoms with van der Waals surface area (Å²) in [6, 6.07) is 1.81. The Morgan fingerprint density at radius 2 is 1.65 bits per heavy atom. The molecule has 0 fully saturated rings. The third kappa shape index (κ3) is 2.25. The van der Waals surface area contributed by atoms with E-state index in [0.717, 1.165) is 24.3 Å². The second-order valence-corrected chi connectivity index (χ2v) is 3.80. The monoisotopic (exact) mass is 286 g/mol. The van der Waals surface area contributed by atoms with Crippen molar-refractivity contribution in [3.63, 3.8) is 0 Å². The van der Waals surface area contributed by atoms with E-state index in [1.165, 1.54) is 0 Å². The number of rotatable bonds is 2. The highest BCUT2D eigenvalue weighted by Gasteiger charge is 2.39. The van der Waals surface area contributed by atoms with Crippen molar-refractivity contribution >= 4 is 23.2 Å². The van der Waals surface area contributed by atoms with Gasteiger partial charge in [-0.1, -0.05) is 0 Å². The number of nitro benzene ring substituents is 1. The molecule has 0 spiro atoms. The largest absolute Gasteiger partial charge is 0.418 e. The first-order valence-electron chi connectivity index (χ1n) is 5.13. The molecule has 0 N–H and O–H groups in total. The van der Waals surface area contributed by atoms with Gasteiger partial charge in [-0.05, 0) is 6.07 Å². The normalized spacial score (nSPS) is 15.1. The molecule has 0 unspecified atom stereocenters. The third-order valence-electron chi connectivity index (χ3n) is 2.55. The fraction of sp³-hybridized carbons (Fsp3) is 0.0909. The summed E-state index contributed by atoms with van der Waals surface area (Å²) in [5, 5.41) is 10.5. The maximum absolute atomic E-state index is 12.9. The van der Waals surface area contributed by atoms with Gasteiger partial charge in [0.25, 0.3) is 17.5 Å². The molecule has 0 bridgehead atoms. The first-order chi connectivity index (χ1) is 9.21. The van der Waals surface area contributed by atoms with Crippen LogP contribution in [0, 0.1) is 10.1 Å². The number of benzene rings is 1. The molecule has 1 aromatic rings. The van der Waals surface area contributed by atoms with Crippen LogP contribution in [0.2, 0.25) is 0 Å². The smallest absolute Gasteiger partial charge is 0.269 e. The van der Waals surface area contributed by atoms with E-state index in [9.17, 15) is 32.9 Å². The summed E-state index contributed by atoms with van der Waals surface area (Å²) in [5.41, 5.74) is -2.94. The van der Waals surface area contributed by atoms with Crippen LogP contribution in [0.5, 0.6) is 0 Å². The lowest BCUT2D eigenvalue weighted by Gasteiger charge is -2.19. The number of non-ortho nitro benzene ring substituents is 1. The van der Waals surface area contributed by atoms with Crippen LogP contribution in [0.3, 0.4) is 0 Å². The van der Waals surface area contributed by atoms with Crippen molar-refractivity contribution < 1.29 is 27.7 Å². The summed E-state index contributed by atoms with van der Waals surface area (Å²) < 4.78 is 38.7. The van der Waals surface area contributed by atoms with Gasteiger partial charge in [0, 0.05) is 24.3 Å². The molecular weight excluding hydrogens is 281 g/mol. The molecule has 0 atom stereocenters. The third-order valence-corrected chi connectivity index (χ3v) is 2.55. The summed E-state index contributed by atoms with van der Waals surface area (Å²) in [6.45, 7) is 0. The highest BCUT2D eigenvalue weighted by Crippen LogP contribution is 2.39. The number of nitrogens with zero attached hydrogens (tertiary/aromatic N) is 2. The van der Waals surface area contributed by atoms with Gasteiger partial charge in [0.1, 0.15) is 0 Å². The molecule has 6 nitrogen and oxygen atoms in total. The minimum atomic E-state index is -4.94. The Bertz CT molecular complexity index is 634. The van der Waals surface area contributed by atoms with Crippen LogP contribution >= 0.6 is 0 Å². The van der Waals surface area contributed by atoms with Gasteiger partial charge in [-0.2, -0.15) is 13.2 Å². The molecule has 1 aromatic carbocycles. The molecule has 9 heteroatoms. The van der Waals surface area contributed by atoms with Gasteiger partial charge < -0.3 is 0 Å². The molecule has 0 saturated heterocycles. The molecule has 0 aliphatic carbocycles. The van der Waals surface area contributed by atoms with E-state index in [1.54, 1.807) is 0 Å². The molecule has 1 aliphatic rings. The molecule has 104 valence electrons. The number of carbonyl (C=O) groups is 2. The average molecular weight is 286 g/mol. The Balaban J connectivity index is 2.62. The number of anilines is 1. The van der Waals surface area contributed by atoms with Gasteiger partial charge in [0.2, 0.25) is 0 Å². The Kier molecular flexibility index (Phi) is 3.04. The number of carbonyl (C=O) groups excluding carboxylic acids is 2. The molecule has 1 aliphatic heterocycles. The first kappa shape index (κ1) is 13.7. The summed E-state index contributed by atoms with van der Waals surface area (Å²) >= 11 is 0. The number of alkyl halides is 3. The van der Waals surface area contributed by atoms with E-state index in [-0.39, 0.29) is 6.07 Å². The van der Waals surface area contributed by atoms with Gasteiger partial charge >= 0.3 is 6.18 Å². The molecule has 2 amide bonds. The van der Waals surface area contributed by atoms with Crippen LogP contribution in [0.4, 0.5) is 24.5 Å². The zero-order valence-corrected chi connectivity index (χ0v) is 9.55. The van der Waals surface area contributed by atoms with E-state index in [1.807, 2.05) is 0 Å². The Hall–Kier alpha value is -2.71. The second-order valence-electron chi connectivity index (χ2n) is 3.80. The van der Waals surface area contributed by atoms with Crippen LogP contribution in [-0.4, -0.2) is 16.7 Å². The SMILES string of the molecule is O=C1C=CC(=O)N1c1ccc([N+](=O)[O-])cc1C(F)(F)F. The first-order valence-corrected chi connectivity index (χ1v) is 5.13. The molecule has 20 heavy (non-hydrogen) atoms. The number of halogens is 3. The fourth-order valence-electron chi connectivity index (χ4n) is 1.70. The maximum Gasteiger partial charge on any atom is 0.418 e. The van der Waals surface area contributed by atoms with Crippen molar-refractivity contribution in [3.8, 4) is 0 Å². The lowest BCUT2D eigenvalue weighted by molar-refractivity contribution is -0.385. The van der Waals surface area contributed by atoms with Crippen molar-refractivity contribution in [2.45, 2.75) is 6.18 Å². The van der Waals surface area contributed by atoms with E-state index in [2.05, 4.69) is 0 Å². The quantitative estimate of drug-likeness (QED) is 0.473. The number of hydrogen-bond acceptors (Lipinski definition) is 4. The van der Waals surface area contributed by atoms with E-state index in [0.29, 0.717) is 4.90 Å². The number of imide groups is 1. The summed E-state index contributed by atoms with van der Waals surface area (Å²) in [5.74, 6) is -1.87. The molecule has 1 heterocycles. The molecule has 0 radical (unpaired) electrons. The van der Waals surface area contributed by atoms with Gasteiger partial charge in [-0.15, -0.1) is 0 Å². The summed E-state index contributed by atoms with van der Waals surface area (Å²) in [6.07, 6.45) is -3.29. The molecule has 0 aromatic heterocycles. The number of hydrogen-bond donors (Lipinski definition) is 0. The van der Waals surface area contributed by atoms with E-state index < -0.39 is 39.9 Å². The zero-order chi connectivity index (χ0) is 15.1. The Morgan fingerprint density at radius 1 is 1.10 bits per heavy atom. The summed E-state index contributed by atoms with van der Waals surface area (Å²) in [7, 11) is 0. The maximum atomic E-state index is 12.9. The second kappa shape index (κ2) is 4.44.